The molecule has 1 amide bonds. The second kappa shape index (κ2) is 7.82. The van der Waals surface area contributed by atoms with Crippen LogP contribution in [0.4, 0.5) is 5.69 Å². The minimum Gasteiger partial charge on any atom is -0.358 e. The molecule has 0 unspecified atom stereocenters. The van der Waals surface area contributed by atoms with Crippen molar-refractivity contribution in [3.63, 3.8) is 0 Å². The zero-order valence-corrected chi connectivity index (χ0v) is 17.6. The van der Waals surface area contributed by atoms with Crippen LogP contribution in [0, 0.1) is 0 Å². The first-order chi connectivity index (χ1) is 13.8. The molecule has 2 N–H and O–H groups in total. The molecule has 1 saturated heterocycles. The molecule has 8 heteroatoms. The lowest BCUT2D eigenvalue weighted by atomic mass is 9.95. The fourth-order valence-corrected chi connectivity index (χ4v) is 5.47. The van der Waals surface area contributed by atoms with Crippen LogP contribution in [-0.4, -0.2) is 36.7 Å². The number of sulfonamides is 1. The molecule has 0 radical (unpaired) electrons. The highest BCUT2D eigenvalue weighted by atomic mass is 35.5. The Hall–Kier alpha value is -2.35. The Morgan fingerprint density at radius 3 is 2.45 bits per heavy atom. The number of aromatic nitrogens is 1. The number of benzene rings is 2. The number of hydrogen-bond acceptors (Lipinski definition) is 3. The predicted octanol–water partition coefficient (Wildman–Crippen LogP) is 4.35. The molecule has 1 aliphatic heterocycles. The van der Waals surface area contributed by atoms with E-state index in [1.807, 2.05) is 18.2 Å². The highest BCUT2D eigenvalue weighted by Gasteiger charge is 2.30. The van der Waals surface area contributed by atoms with Gasteiger partial charge in [-0.15, -0.1) is 0 Å². The van der Waals surface area contributed by atoms with E-state index in [-0.39, 0.29) is 16.7 Å². The molecule has 3 aromatic rings. The van der Waals surface area contributed by atoms with Crippen LogP contribution in [0.25, 0.3) is 10.9 Å². The first-order valence-corrected chi connectivity index (χ1v) is 11.3. The number of halogens is 1. The SMILES string of the molecule is CC(=O)Nc1ccc(S(=O)(=O)N2CCC(c3cc4cc(Cl)ccc4[nH]3)CC2)cc1. The molecule has 0 bridgehead atoms. The maximum absolute atomic E-state index is 13.0. The summed E-state index contributed by atoms with van der Waals surface area (Å²) in [5, 5.41) is 4.42. The third-order valence-corrected chi connectivity index (χ3v) is 7.46. The number of aromatic amines is 1. The zero-order valence-electron chi connectivity index (χ0n) is 16.0. The first kappa shape index (κ1) is 19.9. The van der Waals surface area contributed by atoms with Gasteiger partial charge in [0.25, 0.3) is 0 Å². The van der Waals surface area contributed by atoms with Gasteiger partial charge in [0.15, 0.2) is 0 Å². The van der Waals surface area contributed by atoms with Gasteiger partial charge in [0.1, 0.15) is 0 Å². The lowest BCUT2D eigenvalue weighted by Gasteiger charge is -2.30. The van der Waals surface area contributed by atoms with Crippen LogP contribution in [0.3, 0.4) is 0 Å². The number of rotatable bonds is 4. The van der Waals surface area contributed by atoms with Crippen molar-refractivity contribution in [1.82, 2.24) is 9.29 Å². The predicted molar refractivity (Wildman–Crippen MR) is 115 cm³/mol. The number of carbonyl (C=O) groups is 1. The number of nitrogens with zero attached hydrogens (tertiary/aromatic N) is 1. The van der Waals surface area contributed by atoms with E-state index in [1.165, 1.54) is 23.4 Å². The number of nitrogens with one attached hydrogen (secondary N) is 2. The average Bonchev–Trinajstić information content (AvgIpc) is 3.11. The summed E-state index contributed by atoms with van der Waals surface area (Å²) in [6.45, 7) is 2.35. The molecule has 2 heterocycles. The normalized spacial score (nSPS) is 16.2. The third kappa shape index (κ3) is 4.17. The summed E-state index contributed by atoms with van der Waals surface area (Å²) in [7, 11) is -3.55. The molecule has 29 heavy (non-hydrogen) atoms. The second-order valence-corrected chi connectivity index (χ2v) is 9.71. The van der Waals surface area contributed by atoms with Gasteiger partial charge in [-0.05, 0) is 61.4 Å². The second-order valence-electron chi connectivity index (χ2n) is 7.34. The summed E-state index contributed by atoms with van der Waals surface area (Å²) in [6, 6.07) is 14.1. The van der Waals surface area contributed by atoms with E-state index in [9.17, 15) is 13.2 Å². The molecule has 1 fully saturated rings. The van der Waals surface area contributed by atoms with Gasteiger partial charge in [-0.3, -0.25) is 4.79 Å². The summed E-state index contributed by atoms with van der Waals surface area (Å²) in [5.74, 6) is 0.0942. The number of amides is 1. The largest absolute Gasteiger partial charge is 0.358 e. The number of anilines is 1. The van der Waals surface area contributed by atoms with Gasteiger partial charge in [0, 0.05) is 53.2 Å². The van der Waals surface area contributed by atoms with Gasteiger partial charge in [0.05, 0.1) is 4.90 Å². The van der Waals surface area contributed by atoms with E-state index in [1.54, 1.807) is 12.1 Å². The number of hydrogen-bond donors (Lipinski definition) is 2. The quantitative estimate of drug-likeness (QED) is 0.644. The summed E-state index contributed by atoms with van der Waals surface area (Å²) in [6.07, 6.45) is 1.51. The summed E-state index contributed by atoms with van der Waals surface area (Å²) >= 11 is 6.07. The Bertz CT molecular complexity index is 1150. The average molecular weight is 432 g/mol. The minimum atomic E-state index is -3.55. The van der Waals surface area contributed by atoms with Crippen molar-refractivity contribution >= 4 is 44.1 Å². The van der Waals surface area contributed by atoms with Crippen molar-refractivity contribution in [3.05, 3.63) is 59.2 Å². The fourth-order valence-electron chi connectivity index (χ4n) is 3.82. The van der Waals surface area contributed by atoms with E-state index < -0.39 is 10.0 Å². The Morgan fingerprint density at radius 2 is 1.79 bits per heavy atom. The first-order valence-electron chi connectivity index (χ1n) is 9.49. The Labute approximate surface area is 174 Å². The molecule has 1 aliphatic rings. The molecule has 152 valence electrons. The molecule has 0 aliphatic carbocycles. The molecular weight excluding hydrogens is 410 g/mol. The maximum atomic E-state index is 13.0. The highest BCUT2D eigenvalue weighted by Crippen LogP contribution is 2.32. The van der Waals surface area contributed by atoms with E-state index >= 15 is 0 Å². The molecule has 4 rings (SSSR count). The van der Waals surface area contributed by atoms with Gasteiger partial charge < -0.3 is 10.3 Å². The Balaban J connectivity index is 1.45. The molecule has 0 saturated carbocycles. The van der Waals surface area contributed by atoms with E-state index in [0.717, 1.165) is 29.4 Å². The van der Waals surface area contributed by atoms with Gasteiger partial charge in [-0.1, -0.05) is 11.6 Å². The van der Waals surface area contributed by atoms with Crippen molar-refractivity contribution in [2.75, 3.05) is 18.4 Å². The van der Waals surface area contributed by atoms with Crippen molar-refractivity contribution < 1.29 is 13.2 Å². The fraction of sp³-hybridized carbons (Fsp3) is 0.286. The van der Waals surface area contributed by atoms with Gasteiger partial charge in [-0.2, -0.15) is 4.31 Å². The van der Waals surface area contributed by atoms with Crippen molar-refractivity contribution in [2.45, 2.75) is 30.6 Å². The smallest absolute Gasteiger partial charge is 0.243 e. The molecule has 2 aromatic carbocycles. The van der Waals surface area contributed by atoms with Gasteiger partial charge in [-0.25, -0.2) is 8.42 Å². The van der Waals surface area contributed by atoms with Crippen molar-refractivity contribution in [1.29, 1.82) is 0 Å². The summed E-state index contributed by atoms with van der Waals surface area (Å²) in [4.78, 5) is 14.8. The molecule has 0 atom stereocenters. The Morgan fingerprint density at radius 1 is 1.10 bits per heavy atom. The van der Waals surface area contributed by atoms with Crippen LogP contribution in [0.2, 0.25) is 5.02 Å². The van der Waals surface area contributed by atoms with Crippen LogP contribution >= 0.6 is 11.6 Å². The molecule has 1 aromatic heterocycles. The van der Waals surface area contributed by atoms with Crippen molar-refractivity contribution in [2.24, 2.45) is 0 Å². The van der Waals surface area contributed by atoms with Crippen LogP contribution in [0.15, 0.2) is 53.4 Å². The van der Waals surface area contributed by atoms with Crippen LogP contribution in [0.5, 0.6) is 0 Å². The van der Waals surface area contributed by atoms with Crippen molar-refractivity contribution in [3.8, 4) is 0 Å². The standard InChI is InChI=1S/C21H22ClN3O3S/c1-14(26)23-18-3-5-19(6-4-18)29(27,28)25-10-8-15(9-11-25)21-13-16-12-17(22)2-7-20(16)24-21/h2-7,12-13,15,24H,8-11H2,1H3,(H,23,26). The van der Waals surface area contributed by atoms with E-state index in [0.29, 0.717) is 23.8 Å². The monoisotopic (exact) mass is 431 g/mol. The Kier molecular flexibility index (Phi) is 5.38. The van der Waals surface area contributed by atoms with Gasteiger partial charge in [0.2, 0.25) is 15.9 Å². The maximum Gasteiger partial charge on any atom is 0.243 e. The molecule has 0 spiro atoms. The number of fused-ring (bicyclic) bond motifs is 1. The topological polar surface area (TPSA) is 82.3 Å². The molecular formula is C21H22ClN3O3S. The van der Waals surface area contributed by atoms with Gasteiger partial charge >= 0.3 is 0 Å². The third-order valence-electron chi connectivity index (χ3n) is 5.31. The zero-order chi connectivity index (χ0) is 20.6. The number of piperidine rings is 1. The van der Waals surface area contributed by atoms with E-state index in [4.69, 9.17) is 11.6 Å². The summed E-state index contributed by atoms with van der Waals surface area (Å²) in [5.41, 5.74) is 2.74. The summed E-state index contributed by atoms with van der Waals surface area (Å²) < 4.78 is 27.5. The number of H-pyrrole nitrogens is 1. The highest BCUT2D eigenvalue weighted by molar-refractivity contribution is 7.89. The lowest BCUT2D eigenvalue weighted by Crippen LogP contribution is -2.37. The van der Waals surface area contributed by atoms with Crippen LogP contribution < -0.4 is 5.32 Å². The van der Waals surface area contributed by atoms with E-state index in [2.05, 4.69) is 16.4 Å². The van der Waals surface area contributed by atoms with Crippen LogP contribution in [-0.2, 0) is 14.8 Å². The molecule has 6 nitrogen and oxygen atoms in total. The van der Waals surface area contributed by atoms with Crippen LogP contribution in [0.1, 0.15) is 31.4 Å². The minimum absolute atomic E-state index is 0.193. The number of carbonyl (C=O) groups excluding carboxylic acids is 1. The lowest BCUT2D eigenvalue weighted by molar-refractivity contribution is -0.114.